The van der Waals surface area contributed by atoms with Gasteiger partial charge in [-0.15, -0.1) is 0 Å². The number of piperidine rings is 1. The predicted octanol–water partition coefficient (Wildman–Crippen LogP) is 2.82. The Morgan fingerprint density at radius 2 is 1.83 bits per heavy atom. The second-order valence-electron chi connectivity index (χ2n) is 8.48. The summed E-state index contributed by atoms with van der Waals surface area (Å²) in [6, 6.07) is 6.50. The van der Waals surface area contributed by atoms with Gasteiger partial charge in [-0.3, -0.25) is 4.79 Å². The summed E-state index contributed by atoms with van der Waals surface area (Å²) in [5.74, 6) is 0. The highest BCUT2D eigenvalue weighted by molar-refractivity contribution is 5.79. The number of pyridine rings is 1. The van der Waals surface area contributed by atoms with E-state index in [0.29, 0.717) is 28.7 Å². The number of imidazole rings is 1. The lowest BCUT2D eigenvalue weighted by Crippen LogP contribution is -2.45. The molecule has 0 amide bonds. The van der Waals surface area contributed by atoms with Crippen LogP contribution >= 0.6 is 0 Å². The van der Waals surface area contributed by atoms with Gasteiger partial charge in [0.2, 0.25) is 0 Å². The van der Waals surface area contributed by atoms with Gasteiger partial charge in [0.15, 0.2) is 5.65 Å². The fraction of sp³-hybridized carbons (Fsp3) is 0.409. The van der Waals surface area contributed by atoms with E-state index in [9.17, 15) is 4.79 Å². The number of nitrogens with one attached hydrogen (secondary N) is 1. The number of hydrogen-bond acceptors (Lipinski definition) is 6. The number of aromatic nitrogens is 6. The molecule has 5 rings (SSSR count). The average molecular weight is 403 g/mol. The zero-order valence-corrected chi connectivity index (χ0v) is 17.6. The summed E-state index contributed by atoms with van der Waals surface area (Å²) in [6.07, 6.45) is 5.38. The van der Waals surface area contributed by atoms with E-state index in [0.717, 1.165) is 35.4 Å². The monoisotopic (exact) mass is 403 g/mol. The third-order valence-corrected chi connectivity index (χ3v) is 5.83. The predicted molar refractivity (Wildman–Crippen MR) is 116 cm³/mol. The van der Waals surface area contributed by atoms with Crippen molar-refractivity contribution < 1.29 is 0 Å². The number of fused-ring (bicyclic) bond motifs is 2. The van der Waals surface area contributed by atoms with Crippen LogP contribution in [0.15, 0.2) is 35.4 Å². The van der Waals surface area contributed by atoms with Gasteiger partial charge < -0.3 is 5.32 Å². The minimum Gasteiger partial charge on any atom is -0.312 e. The quantitative estimate of drug-likeness (QED) is 0.554. The lowest BCUT2D eigenvalue weighted by molar-refractivity contribution is 0.244. The molecule has 1 saturated heterocycles. The van der Waals surface area contributed by atoms with Gasteiger partial charge in [-0.05, 0) is 64.3 Å². The van der Waals surface area contributed by atoms with Crippen LogP contribution in [0.4, 0.5) is 0 Å². The van der Waals surface area contributed by atoms with E-state index in [-0.39, 0.29) is 11.6 Å². The fourth-order valence-corrected chi connectivity index (χ4v) is 4.55. The zero-order valence-electron chi connectivity index (χ0n) is 17.6. The third kappa shape index (κ3) is 3.17. The molecule has 5 heterocycles. The molecule has 0 aliphatic carbocycles. The molecule has 1 aliphatic rings. The van der Waals surface area contributed by atoms with E-state index >= 15 is 0 Å². The van der Waals surface area contributed by atoms with Gasteiger partial charge >= 0.3 is 0 Å². The summed E-state index contributed by atoms with van der Waals surface area (Å²) in [5, 5.41) is 13.2. The molecular weight excluding hydrogens is 378 g/mol. The van der Waals surface area contributed by atoms with Crippen LogP contribution in [0.2, 0.25) is 0 Å². The minimum absolute atomic E-state index is 0.0809. The Morgan fingerprint density at radius 1 is 1.07 bits per heavy atom. The summed E-state index contributed by atoms with van der Waals surface area (Å²) in [5.41, 5.74) is 4.74. The molecule has 0 bridgehead atoms. The van der Waals surface area contributed by atoms with E-state index < -0.39 is 0 Å². The van der Waals surface area contributed by atoms with Crippen LogP contribution in [0, 0.1) is 13.8 Å². The molecule has 4 aromatic heterocycles. The largest absolute Gasteiger partial charge is 0.312 e. The molecule has 0 spiro atoms. The lowest BCUT2D eigenvalue weighted by Gasteiger charge is -2.33. The molecule has 1 aliphatic heterocycles. The Morgan fingerprint density at radius 3 is 2.60 bits per heavy atom. The first-order valence-electron chi connectivity index (χ1n) is 10.4. The third-order valence-electron chi connectivity index (χ3n) is 5.83. The fourth-order valence-electron chi connectivity index (χ4n) is 4.55. The molecule has 154 valence electrons. The smallest absolute Gasteiger partial charge is 0.276 e. The van der Waals surface area contributed by atoms with Crippen LogP contribution in [0.1, 0.15) is 44.0 Å². The molecule has 0 unspecified atom stereocenters. The summed E-state index contributed by atoms with van der Waals surface area (Å²) in [4.78, 5) is 22.3. The second-order valence-corrected chi connectivity index (χ2v) is 8.48. The van der Waals surface area contributed by atoms with Gasteiger partial charge in [0.05, 0.1) is 40.7 Å². The molecule has 8 nitrogen and oxygen atoms in total. The van der Waals surface area contributed by atoms with Crippen molar-refractivity contribution in [2.75, 3.05) is 0 Å². The van der Waals surface area contributed by atoms with Crippen LogP contribution in [0.25, 0.3) is 27.9 Å². The highest BCUT2D eigenvalue weighted by atomic mass is 16.1. The minimum atomic E-state index is -0.0809. The Kier molecular flexibility index (Phi) is 4.39. The van der Waals surface area contributed by atoms with Gasteiger partial charge in [-0.1, -0.05) is 0 Å². The molecule has 8 heteroatoms. The van der Waals surface area contributed by atoms with Crippen molar-refractivity contribution in [1.82, 2.24) is 34.7 Å². The number of nitrogens with zero attached hydrogens (tertiary/aromatic N) is 6. The Bertz CT molecular complexity index is 1310. The van der Waals surface area contributed by atoms with Crippen molar-refractivity contribution in [3.63, 3.8) is 0 Å². The zero-order chi connectivity index (χ0) is 21.0. The molecule has 0 saturated carbocycles. The first-order chi connectivity index (χ1) is 14.4. The normalized spacial score (nSPS) is 22.1. The van der Waals surface area contributed by atoms with Crippen molar-refractivity contribution in [1.29, 1.82) is 0 Å². The topological polar surface area (TPSA) is 90.0 Å². The summed E-state index contributed by atoms with van der Waals surface area (Å²) in [6.45, 7) is 8.25. The van der Waals surface area contributed by atoms with E-state index in [1.165, 1.54) is 0 Å². The van der Waals surface area contributed by atoms with Crippen molar-refractivity contribution in [2.24, 2.45) is 0 Å². The van der Waals surface area contributed by atoms with Gasteiger partial charge in [0.25, 0.3) is 5.56 Å². The van der Waals surface area contributed by atoms with Crippen molar-refractivity contribution in [2.45, 2.75) is 58.7 Å². The van der Waals surface area contributed by atoms with Crippen molar-refractivity contribution in [3.8, 4) is 11.4 Å². The highest BCUT2D eigenvalue weighted by Crippen LogP contribution is 2.24. The number of rotatable bonds is 2. The van der Waals surface area contributed by atoms with Crippen LogP contribution < -0.4 is 10.9 Å². The Balaban J connectivity index is 1.57. The number of aryl methyl sites for hydroxylation is 2. The van der Waals surface area contributed by atoms with Gasteiger partial charge in [-0.2, -0.15) is 10.2 Å². The SMILES string of the molecule is Cc1cn2nc(-c3ccc4c(=O)n(C5C[C@@H](C)N[C@H](C)C5)ncc4n3)cc(C)c2n1. The number of hydrogen-bond donors (Lipinski definition) is 1. The molecule has 30 heavy (non-hydrogen) atoms. The maximum absolute atomic E-state index is 13.1. The molecular formula is C22H25N7O. The average Bonchev–Trinajstić information content (AvgIpc) is 3.08. The first kappa shape index (κ1) is 18.9. The van der Waals surface area contributed by atoms with E-state index in [1.807, 2.05) is 38.2 Å². The maximum atomic E-state index is 13.1. The van der Waals surface area contributed by atoms with Crippen LogP contribution in [-0.2, 0) is 0 Å². The van der Waals surface area contributed by atoms with Crippen molar-refractivity contribution in [3.05, 3.63) is 52.2 Å². The van der Waals surface area contributed by atoms with Crippen LogP contribution in [0.3, 0.4) is 0 Å². The van der Waals surface area contributed by atoms with Crippen LogP contribution in [-0.4, -0.2) is 41.4 Å². The van der Waals surface area contributed by atoms with E-state index in [4.69, 9.17) is 4.98 Å². The standard InChI is InChI=1S/C22H25N7O/c1-12-7-19(27-28-11-15(4)25-21(12)28)18-6-5-17-20(26-18)10-23-29(22(17)30)16-8-13(2)24-14(3)9-16/h5-7,10-11,13-14,16,24H,8-9H2,1-4H3/t13-,14-/m1/s1. The summed E-state index contributed by atoms with van der Waals surface area (Å²) in [7, 11) is 0. The van der Waals surface area contributed by atoms with Gasteiger partial charge in [0.1, 0.15) is 5.69 Å². The first-order valence-corrected chi connectivity index (χ1v) is 10.4. The van der Waals surface area contributed by atoms with Crippen molar-refractivity contribution >= 4 is 16.6 Å². The molecule has 1 fully saturated rings. The summed E-state index contributed by atoms with van der Waals surface area (Å²) < 4.78 is 3.42. The van der Waals surface area contributed by atoms with E-state index in [2.05, 4.69) is 34.3 Å². The Hall–Kier alpha value is -3.13. The maximum Gasteiger partial charge on any atom is 0.276 e. The molecule has 0 radical (unpaired) electrons. The summed E-state index contributed by atoms with van der Waals surface area (Å²) >= 11 is 0. The highest BCUT2D eigenvalue weighted by Gasteiger charge is 2.26. The molecule has 2 atom stereocenters. The molecule has 1 N–H and O–H groups in total. The van der Waals surface area contributed by atoms with Gasteiger partial charge in [-0.25, -0.2) is 19.2 Å². The second kappa shape index (κ2) is 6.98. The van der Waals surface area contributed by atoms with Crippen LogP contribution in [0.5, 0.6) is 0 Å². The van der Waals surface area contributed by atoms with E-state index in [1.54, 1.807) is 15.4 Å². The molecule has 0 aromatic carbocycles. The molecule has 4 aromatic rings. The van der Waals surface area contributed by atoms with Gasteiger partial charge in [0, 0.05) is 12.1 Å². The lowest BCUT2D eigenvalue weighted by atomic mass is 9.95. The Labute approximate surface area is 174 Å².